The Bertz CT molecular complexity index is 448. The van der Waals surface area contributed by atoms with Crippen LogP contribution in [0.5, 0.6) is 0 Å². The minimum Gasteiger partial charge on any atom is -0.306 e. The van der Waals surface area contributed by atoms with Gasteiger partial charge < -0.3 is 5.32 Å². The lowest BCUT2D eigenvalue weighted by atomic mass is 9.83. The van der Waals surface area contributed by atoms with Gasteiger partial charge in [0, 0.05) is 17.0 Å². The summed E-state index contributed by atoms with van der Waals surface area (Å²) in [6.45, 7) is 2.47. The van der Waals surface area contributed by atoms with Crippen molar-refractivity contribution in [1.82, 2.24) is 5.32 Å². The molecule has 116 valence electrons. The van der Waals surface area contributed by atoms with E-state index >= 15 is 0 Å². The number of thiophene rings is 1. The lowest BCUT2D eigenvalue weighted by Gasteiger charge is -2.34. The normalized spacial score (nSPS) is 35.4. The Morgan fingerprint density at radius 2 is 2.00 bits per heavy atom. The fraction of sp³-hybridized carbons (Fsp3) is 0.789. The molecule has 0 aliphatic heterocycles. The first-order valence-electron chi connectivity index (χ1n) is 9.10. The summed E-state index contributed by atoms with van der Waals surface area (Å²) in [5.41, 5.74) is 0. The number of rotatable bonds is 5. The molecular weight excluding hydrogens is 274 g/mol. The summed E-state index contributed by atoms with van der Waals surface area (Å²) in [7, 11) is 0. The molecule has 3 fully saturated rings. The third kappa shape index (κ3) is 2.82. The van der Waals surface area contributed by atoms with E-state index in [4.69, 9.17) is 0 Å². The predicted octanol–water partition coefficient (Wildman–Crippen LogP) is 5.39. The second kappa shape index (κ2) is 6.04. The summed E-state index contributed by atoms with van der Waals surface area (Å²) in [6, 6.07) is 5.91. The molecule has 3 aliphatic carbocycles. The van der Waals surface area contributed by atoms with E-state index in [0.717, 1.165) is 23.7 Å². The summed E-state index contributed by atoms with van der Waals surface area (Å²) in [5, 5.41) is 6.35. The minimum absolute atomic E-state index is 0.627. The molecule has 1 nitrogen and oxygen atoms in total. The van der Waals surface area contributed by atoms with Gasteiger partial charge in [0.2, 0.25) is 0 Å². The van der Waals surface area contributed by atoms with Crippen molar-refractivity contribution in [2.45, 2.75) is 70.4 Å². The molecular formula is C19H29NS. The van der Waals surface area contributed by atoms with Gasteiger partial charge in [0.25, 0.3) is 0 Å². The monoisotopic (exact) mass is 303 g/mol. The molecule has 0 amide bonds. The van der Waals surface area contributed by atoms with Gasteiger partial charge in [-0.05, 0) is 74.1 Å². The third-order valence-corrected chi connectivity index (χ3v) is 7.55. The zero-order valence-corrected chi connectivity index (χ0v) is 14.1. The Balaban J connectivity index is 1.46. The molecule has 0 radical (unpaired) electrons. The van der Waals surface area contributed by atoms with Crippen LogP contribution < -0.4 is 5.32 Å². The van der Waals surface area contributed by atoms with E-state index in [-0.39, 0.29) is 0 Å². The quantitative estimate of drug-likeness (QED) is 0.768. The number of fused-ring (bicyclic) bond motifs is 2. The molecule has 1 aromatic rings. The molecule has 0 aromatic carbocycles. The largest absolute Gasteiger partial charge is 0.306 e. The van der Waals surface area contributed by atoms with Gasteiger partial charge in [-0.2, -0.15) is 0 Å². The van der Waals surface area contributed by atoms with Crippen LogP contribution in [0, 0.1) is 23.7 Å². The Kier molecular flexibility index (Phi) is 4.10. The van der Waals surface area contributed by atoms with Crippen LogP contribution in [-0.2, 0) is 0 Å². The standard InChI is InChI=1S/C19H29NS/c1-13(17-12-14-8-9-16(17)11-14)20-19(15-5-2-3-6-15)18-7-4-10-21-18/h4,7,10,13-17,19-20H,2-3,5-6,8-9,11-12H2,1H3. The lowest BCUT2D eigenvalue weighted by Crippen LogP contribution is -2.40. The summed E-state index contributed by atoms with van der Waals surface area (Å²) < 4.78 is 0. The van der Waals surface area contributed by atoms with E-state index in [1.165, 1.54) is 51.4 Å². The zero-order chi connectivity index (χ0) is 14.2. The second-order valence-electron chi connectivity index (χ2n) is 7.83. The van der Waals surface area contributed by atoms with E-state index in [2.05, 4.69) is 29.8 Å². The van der Waals surface area contributed by atoms with Crippen molar-refractivity contribution in [3.05, 3.63) is 22.4 Å². The number of hydrogen-bond acceptors (Lipinski definition) is 2. The van der Waals surface area contributed by atoms with Gasteiger partial charge in [0.1, 0.15) is 0 Å². The van der Waals surface area contributed by atoms with E-state index in [1.807, 2.05) is 11.3 Å². The van der Waals surface area contributed by atoms with Crippen LogP contribution in [0.1, 0.15) is 69.2 Å². The van der Waals surface area contributed by atoms with Crippen LogP contribution >= 0.6 is 11.3 Å². The first-order chi connectivity index (χ1) is 10.3. The van der Waals surface area contributed by atoms with Crippen molar-refractivity contribution < 1.29 is 0 Å². The van der Waals surface area contributed by atoms with Gasteiger partial charge in [-0.1, -0.05) is 25.3 Å². The minimum atomic E-state index is 0.627. The summed E-state index contributed by atoms with van der Waals surface area (Å²) >= 11 is 1.96. The Hall–Kier alpha value is -0.340. The van der Waals surface area contributed by atoms with Crippen LogP contribution in [0.15, 0.2) is 17.5 Å². The van der Waals surface area contributed by atoms with Crippen molar-refractivity contribution in [3.63, 3.8) is 0 Å². The zero-order valence-electron chi connectivity index (χ0n) is 13.3. The highest BCUT2D eigenvalue weighted by Gasteiger charge is 2.42. The number of nitrogens with one attached hydrogen (secondary N) is 1. The Labute approximate surface area is 133 Å². The van der Waals surface area contributed by atoms with Crippen molar-refractivity contribution in [2.24, 2.45) is 23.7 Å². The molecule has 1 N–H and O–H groups in total. The fourth-order valence-corrected chi connectivity index (χ4v) is 6.40. The van der Waals surface area contributed by atoms with Crippen LogP contribution in [0.2, 0.25) is 0 Å². The fourth-order valence-electron chi connectivity index (χ4n) is 5.52. The molecule has 21 heavy (non-hydrogen) atoms. The lowest BCUT2D eigenvalue weighted by molar-refractivity contribution is 0.224. The molecule has 4 rings (SSSR count). The highest BCUT2D eigenvalue weighted by atomic mass is 32.1. The second-order valence-corrected chi connectivity index (χ2v) is 8.81. The first kappa shape index (κ1) is 14.3. The van der Waals surface area contributed by atoms with Crippen molar-refractivity contribution >= 4 is 11.3 Å². The van der Waals surface area contributed by atoms with Crippen LogP contribution in [0.25, 0.3) is 0 Å². The Morgan fingerprint density at radius 1 is 1.14 bits per heavy atom. The van der Waals surface area contributed by atoms with E-state index in [9.17, 15) is 0 Å². The van der Waals surface area contributed by atoms with Crippen LogP contribution in [0.4, 0.5) is 0 Å². The molecule has 3 saturated carbocycles. The topological polar surface area (TPSA) is 12.0 Å². The van der Waals surface area contributed by atoms with Crippen LogP contribution in [0.3, 0.4) is 0 Å². The molecule has 3 aliphatic rings. The summed E-state index contributed by atoms with van der Waals surface area (Å²) in [4.78, 5) is 1.58. The molecule has 5 unspecified atom stereocenters. The van der Waals surface area contributed by atoms with E-state index < -0.39 is 0 Å². The maximum atomic E-state index is 4.10. The first-order valence-corrected chi connectivity index (χ1v) is 9.98. The van der Waals surface area contributed by atoms with E-state index in [0.29, 0.717) is 12.1 Å². The molecule has 1 aromatic heterocycles. The summed E-state index contributed by atoms with van der Waals surface area (Å²) in [5.74, 6) is 3.93. The molecule has 2 bridgehead atoms. The van der Waals surface area contributed by atoms with Gasteiger partial charge in [0.05, 0.1) is 0 Å². The SMILES string of the molecule is CC(NC(c1cccs1)C1CCCC1)C1CC2CCC1C2. The molecule has 0 spiro atoms. The van der Waals surface area contributed by atoms with Crippen molar-refractivity contribution in [3.8, 4) is 0 Å². The molecule has 2 heteroatoms. The average Bonchev–Trinajstić information content (AvgIpc) is 3.30. The molecule has 1 heterocycles. The Morgan fingerprint density at radius 3 is 2.62 bits per heavy atom. The average molecular weight is 304 g/mol. The highest BCUT2D eigenvalue weighted by molar-refractivity contribution is 7.10. The van der Waals surface area contributed by atoms with Gasteiger partial charge in [-0.15, -0.1) is 11.3 Å². The van der Waals surface area contributed by atoms with E-state index in [1.54, 1.807) is 4.88 Å². The number of hydrogen-bond donors (Lipinski definition) is 1. The van der Waals surface area contributed by atoms with Gasteiger partial charge in [0.15, 0.2) is 0 Å². The molecule has 0 saturated heterocycles. The third-order valence-electron chi connectivity index (χ3n) is 6.60. The predicted molar refractivity (Wildman–Crippen MR) is 90.6 cm³/mol. The highest BCUT2D eigenvalue weighted by Crippen LogP contribution is 2.50. The summed E-state index contributed by atoms with van der Waals surface area (Å²) in [6.07, 6.45) is 11.8. The smallest absolute Gasteiger partial charge is 0.0445 e. The van der Waals surface area contributed by atoms with Crippen molar-refractivity contribution in [1.29, 1.82) is 0 Å². The van der Waals surface area contributed by atoms with Crippen LogP contribution in [-0.4, -0.2) is 6.04 Å². The maximum Gasteiger partial charge on any atom is 0.0445 e. The van der Waals surface area contributed by atoms with Crippen molar-refractivity contribution in [2.75, 3.05) is 0 Å². The molecule has 5 atom stereocenters. The maximum absolute atomic E-state index is 4.10. The van der Waals surface area contributed by atoms with Gasteiger partial charge >= 0.3 is 0 Å². The van der Waals surface area contributed by atoms with Gasteiger partial charge in [-0.3, -0.25) is 0 Å². The van der Waals surface area contributed by atoms with Gasteiger partial charge in [-0.25, -0.2) is 0 Å².